The summed E-state index contributed by atoms with van der Waals surface area (Å²) in [5, 5.41) is 3.63. The van der Waals surface area contributed by atoms with Crippen molar-refractivity contribution >= 4 is 45.7 Å². The van der Waals surface area contributed by atoms with Crippen LogP contribution in [0.4, 0.5) is 10.1 Å². The van der Waals surface area contributed by atoms with E-state index in [0.717, 1.165) is 17.5 Å². The van der Waals surface area contributed by atoms with Gasteiger partial charge in [-0.3, -0.25) is 4.79 Å². The van der Waals surface area contributed by atoms with Crippen molar-refractivity contribution in [3.63, 3.8) is 0 Å². The number of carbonyl (C=O) groups is 1. The first kappa shape index (κ1) is 13.9. The van der Waals surface area contributed by atoms with Crippen molar-refractivity contribution in [3.8, 4) is 0 Å². The van der Waals surface area contributed by atoms with Crippen LogP contribution in [0.5, 0.6) is 0 Å². The first-order chi connectivity index (χ1) is 10.1. The monoisotopic (exact) mass is 322 g/mol. The van der Waals surface area contributed by atoms with Gasteiger partial charge in [0.05, 0.1) is 26.8 Å². The Hall–Kier alpha value is -2.04. The van der Waals surface area contributed by atoms with Crippen molar-refractivity contribution in [2.75, 3.05) is 5.32 Å². The average Bonchev–Trinajstić information content (AvgIpc) is 2.90. The molecule has 21 heavy (non-hydrogen) atoms. The number of hydrogen-bond acceptors (Lipinski definition) is 1. The molecule has 1 heterocycles. The normalized spacial score (nSPS) is 10.8. The lowest BCUT2D eigenvalue weighted by atomic mass is 10.1. The van der Waals surface area contributed by atoms with Crippen molar-refractivity contribution < 1.29 is 9.18 Å². The first-order valence-electron chi connectivity index (χ1n) is 6.08. The van der Waals surface area contributed by atoms with E-state index in [2.05, 4.69) is 10.3 Å². The standard InChI is InChI=1S/C15H9Cl2FN2O/c16-11-6-9(18)7-12(17)14(11)20-15(21)10-3-1-2-8-4-5-19-13(8)10/h1-7,19H,(H,20,21). The molecule has 1 aromatic heterocycles. The van der Waals surface area contributed by atoms with Crippen LogP contribution in [0.15, 0.2) is 42.6 Å². The summed E-state index contributed by atoms with van der Waals surface area (Å²) in [6.45, 7) is 0. The number of fused-ring (bicyclic) bond motifs is 1. The van der Waals surface area contributed by atoms with Crippen molar-refractivity contribution in [1.82, 2.24) is 4.98 Å². The highest BCUT2D eigenvalue weighted by Crippen LogP contribution is 2.32. The molecule has 1 amide bonds. The van der Waals surface area contributed by atoms with E-state index in [1.54, 1.807) is 18.3 Å². The van der Waals surface area contributed by atoms with Crippen molar-refractivity contribution in [2.45, 2.75) is 0 Å². The Kier molecular flexibility index (Phi) is 3.57. The maximum Gasteiger partial charge on any atom is 0.257 e. The smallest absolute Gasteiger partial charge is 0.257 e. The molecule has 0 unspecified atom stereocenters. The van der Waals surface area contributed by atoms with E-state index in [4.69, 9.17) is 23.2 Å². The Balaban J connectivity index is 1.99. The molecule has 0 bridgehead atoms. The fourth-order valence-electron chi connectivity index (χ4n) is 2.12. The molecular weight excluding hydrogens is 314 g/mol. The maximum atomic E-state index is 13.1. The van der Waals surface area contributed by atoms with Gasteiger partial charge in [0, 0.05) is 11.6 Å². The zero-order chi connectivity index (χ0) is 15.0. The molecule has 0 saturated heterocycles. The van der Waals surface area contributed by atoms with E-state index in [1.807, 2.05) is 12.1 Å². The minimum atomic E-state index is -0.561. The predicted octanol–water partition coefficient (Wildman–Crippen LogP) is 4.87. The van der Waals surface area contributed by atoms with Gasteiger partial charge in [-0.1, -0.05) is 35.3 Å². The number of halogens is 3. The summed E-state index contributed by atoms with van der Waals surface area (Å²) >= 11 is 11.8. The zero-order valence-corrected chi connectivity index (χ0v) is 12.1. The van der Waals surface area contributed by atoms with Gasteiger partial charge in [0.25, 0.3) is 5.91 Å². The number of amides is 1. The molecule has 0 aliphatic heterocycles. The third-order valence-electron chi connectivity index (χ3n) is 3.08. The van der Waals surface area contributed by atoms with Gasteiger partial charge in [-0.15, -0.1) is 0 Å². The van der Waals surface area contributed by atoms with Crippen LogP contribution >= 0.6 is 23.2 Å². The molecule has 3 nitrogen and oxygen atoms in total. The summed E-state index contributed by atoms with van der Waals surface area (Å²) in [7, 11) is 0. The lowest BCUT2D eigenvalue weighted by Crippen LogP contribution is -2.13. The molecule has 106 valence electrons. The minimum absolute atomic E-state index is 0.0482. The minimum Gasteiger partial charge on any atom is -0.361 e. The lowest BCUT2D eigenvalue weighted by molar-refractivity contribution is 0.102. The topological polar surface area (TPSA) is 44.9 Å². The van der Waals surface area contributed by atoms with Gasteiger partial charge in [0.2, 0.25) is 0 Å². The number of anilines is 1. The Labute approximate surface area is 129 Å². The molecule has 0 radical (unpaired) electrons. The fourth-order valence-corrected chi connectivity index (χ4v) is 2.67. The van der Waals surface area contributed by atoms with Crippen LogP contribution < -0.4 is 5.32 Å². The van der Waals surface area contributed by atoms with Crippen LogP contribution in [0, 0.1) is 5.82 Å². The molecule has 0 aliphatic carbocycles. The Morgan fingerprint density at radius 3 is 2.57 bits per heavy atom. The molecule has 6 heteroatoms. The number of aromatic nitrogens is 1. The second-order valence-electron chi connectivity index (χ2n) is 4.45. The molecule has 0 atom stereocenters. The SMILES string of the molecule is O=C(Nc1c(Cl)cc(F)cc1Cl)c1cccc2cc[nH]c12. The summed E-state index contributed by atoms with van der Waals surface area (Å²) in [5.74, 6) is -0.937. The third-order valence-corrected chi connectivity index (χ3v) is 3.67. The molecule has 3 aromatic rings. The van der Waals surface area contributed by atoms with Crippen LogP contribution in [0.2, 0.25) is 10.0 Å². The highest BCUT2D eigenvalue weighted by Gasteiger charge is 2.15. The number of nitrogens with one attached hydrogen (secondary N) is 2. The number of aromatic amines is 1. The first-order valence-corrected chi connectivity index (χ1v) is 6.84. The van der Waals surface area contributed by atoms with E-state index >= 15 is 0 Å². The summed E-state index contributed by atoms with van der Waals surface area (Å²) < 4.78 is 13.1. The number of carbonyl (C=O) groups excluding carboxylic acids is 1. The van der Waals surface area contributed by atoms with E-state index in [1.165, 1.54) is 0 Å². The van der Waals surface area contributed by atoms with Crippen LogP contribution in [0.25, 0.3) is 10.9 Å². The van der Waals surface area contributed by atoms with E-state index < -0.39 is 5.82 Å². The van der Waals surface area contributed by atoms with Crippen LogP contribution in [0.1, 0.15) is 10.4 Å². The zero-order valence-electron chi connectivity index (χ0n) is 10.6. The number of para-hydroxylation sites is 1. The summed E-state index contributed by atoms with van der Waals surface area (Å²) in [6, 6.07) is 9.40. The molecule has 0 spiro atoms. The van der Waals surface area contributed by atoms with E-state index in [-0.39, 0.29) is 21.6 Å². The largest absolute Gasteiger partial charge is 0.361 e. The quantitative estimate of drug-likeness (QED) is 0.694. The van der Waals surface area contributed by atoms with E-state index in [9.17, 15) is 9.18 Å². The predicted molar refractivity (Wildman–Crippen MR) is 82.7 cm³/mol. The lowest BCUT2D eigenvalue weighted by Gasteiger charge is -2.10. The van der Waals surface area contributed by atoms with Crippen molar-refractivity contribution in [2.24, 2.45) is 0 Å². The van der Waals surface area contributed by atoms with Gasteiger partial charge in [-0.05, 0) is 24.3 Å². The van der Waals surface area contributed by atoms with Gasteiger partial charge < -0.3 is 10.3 Å². The third kappa shape index (κ3) is 2.60. The fraction of sp³-hybridized carbons (Fsp3) is 0. The average molecular weight is 323 g/mol. The van der Waals surface area contributed by atoms with Gasteiger partial charge in [0.1, 0.15) is 5.82 Å². The summed E-state index contributed by atoms with van der Waals surface area (Å²) in [4.78, 5) is 15.4. The number of H-pyrrole nitrogens is 1. The van der Waals surface area contributed by atoms with Crippen LogP contribution in [0.3, 0.4) is 0 Å². The van der Waals surface area contributed by atoms with Gasteiger partial charge in [-0.25, -0.2) is 4.39 Å². The molecule has 0 saturated carbocycles. The van der Waals surface area contributed by atoms with Crippen LogP contribution in [-0.4, -0.2) is 10.9 Å². The number of benzene rings is 2. The highest BCUT2D eigenvalue weighted by atomic mass is 35.5. The molecule has 2 aromatic carbocycles. The maximum absolute atomic E-state index is 13.1. The molecule has 2 N–H and O–H groups in total. The second kappa shape index (κ2) is 5.39. The Bertz CT molecular complexity index is 822. The Morgan fingerprint density at radius 2 is 1.86 bits per heavy atom. The highest BCUT2D eigenvalue weighted by molar-refractivity contribution is 6.40. The second-order valence-corrected chi connectivity index (χ2v) is 5.26. The summed E-state index contributed by atoms with van der Waals surface area (Å²) in [6.07, 6.45) is 1.75. The van der Waals surface area contributed by atoms with Gasteiger partial charge >= 0.3 is 0 Å². The number of hydrogen-bond donors (Lipinski definition) is 2. The van der Waals surface area contributed by atoms with Gasteiger partial charge in [-0.2, -0.15) is 0 Å². The van der Waals surface area contributed by atoms with Crippen LogP contribution in [-0.2, 0) is 0 Å². The number of rotatable bonds is 2. The van der Waals surface area contributed by atoms with Crippen molar-refractivity contribution in [3.05, 3.63) is 64.0 Å². The molecule has 0 aliphatic rings. The van der Waals surface area contributed by atoms with Crippen molar-refractivity contribution in [1.29, 1.82) is 0 Å². The molecule has 3 rings (SSSR count). The molecular formula is C15H9Cl2FN2O. The Morgan fingerprint density at radius 1 is 1.14 bits per heavy atom. The summed E-state index contributed by atoms with van der Waals surface area (Å²) in [5.41, 5.74) is 1.35. The molecule has 0 fully saturated rings. The van der Waals surface area contributed by atoms with E-state index in [0.29, 0.717) is 11.1 Å². The van der Waals surface area contributed by atoms with Gasteiger partial charge in [0.15, 0.2) is 0 Å².